The molecule has 0 amide bonds. The first-order valence-electron chi connectivity index (χ1n) is 5.81. The van der Waals surface area contributed by atoms with Crippen LogP contribution < -0.4 is 5.32 Å². The van der Waals surface area contributed by atoms with Gasteiger partial charge in [-0.2, -0.15) is 11.8 Å². The number of hydrogen-bond donors (Lipinski definition) is 1. The zero-order chi connectivity index (χ0) is 9.97. The van der Waals surface area contributed by atoms with E-state index in [2.05, 4.69) is 35.8 Å². The fourth-order valence-corrected chi connectivity index (χ4v) is 3.87. The molecule has 2 rings (SSSR count). The van der Waals surface area contributed by atoms with Crippen LogP contribution in [0, 0.1) is 11.8 Å². The van der Waals surface area contributed by atoms with Crippen LogP contribution in [0.1, 0.15) is 13.8 Å². The molecule has 0 saturated carbocycles. The van der Waals surface area contributed by atoms with Crippen LogP contribution >= 0.6 is 11.8 Å². The Labute approximate surface area is 91.8 Å². The molecular weight excluding hydrogens is 192 g/mol. The van der Waals surface area contributed by atoms with Gasteiger partial charge in [0.1, 0.15) is 0 Å². The summed E-state index contributed by atoms with van der Waals surface area (Å²) in [5.41, 5.74) is 0. The second kappa shape index (κ2) is 4.86. The summed E-state index contributed by atoms with van der Waals surface area (Å²) < 4.78 is 0. The molecule has 2 fully saturated rings. The number of nitrogens with zero attached hydrogens (tertiary/aromatic N) is 1. The number of nitrogens with one attached hydrogen (secondary N) is 1. The maximum Gasteiger partial charge on any atom is 0.0171 e. The fraction of sp³-hybridized carbons (Fsp3) is 1.00. The minimum absolute atomic E-state index is 0.821. The third kappa shape index (κ3) is 2.26. The Morgan fingerprint density at radius 3 is 2.21 bits per heavy atom. The first kappa shape index (κ1) is 10.8. The quantitative estimate of drug-likeness (QED) is 0.708. The predicted octanol–water partition coefficient (Wildman–Crippen LogP) is 1.28. The minimum Gasteiger partial charge on any atom is -0.316 e. The second-order valence-corrected chi connectivity index (χ2v) is 5.98. The summed E-state index contributed by atoms with van der Waals surface area (Å²) in [4.78, 5) is 2.73. The molecule has 2 aliphatic heterocycles. The summed E-state index contributed by atoms with van der Waals surface area (Å²) in [6.07, 6.45) is 0. The predicted molar refractivity (Wildman–Crippen MR) is 63.9 cm³/mol. The summed E-state index contributed by atoms with van der Waals surface area (Å²) in [6, 6.07) is 0.831. The van der Waals surface area contributed by atoms with Gasteiger partial charge in [-0.3, -0.25) is 4.90 Å². The van der Waals surface area contributed by atoms with E-state index in [-0.39, 0.29) is 0 Å². The Morgan fingerprint density at radius 1 is 1.07 bits per heavy atom. The Morgan fingerprint density at radius 2 is 1.64 bits per heavy atom. The highest BCUT2D eigenvalue weighted by molar-refractivity contribution is 7.99. The monoisotopic (exact) mass is 214 g/mol. The Bertz CT molecular complexity index is 170. The summed E-state index contributed by atoms with van der Waals surface area (Å²) in [7, 11) is 0. The first-order chi connectivity index (χ1) is 6.79. The smallest absolute Gasteiger partial charge is 0.0171 e. The van der Waals surface area contributed by atoms with E-state index in [0.29, 0.717) is 0 Å². The molecule has 0 spiro atoms. The molecule has 0 aliphatic carbocycles. The Kier molecular flexibility index (Phi) is 3.74. The summed E-state index contributed by atoms with van der Waals surface area (Å²) in [5.74, 6) is 4.32. The van der Waals surface area contributed by atoms with Gasteiger partial charge in [0.05, 0.1) is 0 Å². The van der Waals surface area contributed by atoms with Gasteiger partial charge < -0.3 is 5.32 Å². The Balaban J connectivity index is 1.97. The van der Waals surface area contributed by atoms with Gasteiger partial charge in [0.15, 0.2) is 0 Å². The van der Waals surface area contributed by atoms with E-state index in [1.807, 2.05) is 0 Å². The molecule has 2 heterocycles. The fourth-order valence-electron chi connectivity index (χ4n) is 2.94. The summed E-state index contributed by atoms with van der Waals surface area (Å²) in [6.45, 7) is 9.83. The molecule has 2 atom stereocenters. The summed E-state index contributed by atoms with van der Waals surface area (Å²) in [5, 5.41) is 3.52. The van der Waals surface area contributed by atoms with Crippen molar-refractivity contribution in [2.24, 2.45) is 11.8 Å². The average Bonchev–Trinajstić information content (AvgIpc) is 2.19. The highest BCUT2D eigenvalue weighted by Gasteiger charge is 2.32. The lowest BCUT2D eigenvalue weighted by molar-refractivity contribution is 0.0882. The maximum atomic E-state index is 3.52. The maximum absolute atomic E-state index is 3.52. The number of rotatable bonds is 1. The molecule has 0 radical (unpaired) electrons. The van der Waals surface area contributed by atoms with Crippen LogP contribution in [0.5, 0.6) is 0 Å². The first-order valence-corrected chi connectivity index (χ1v) is 6.97. The molecular formula is C11H22N2S. The van der Waals surface area contributed by atoms with Gasteiger partial charge in [-0.25, -0.2) is 0 Å². The third-order valence-electron chi connectivity index (χ3n) is 3.57. The van der Waals surface area contributed by atoms with Crippen molar-refractivity contribution >= 4 is 11.8 Å². The molecule has 3 heteroatoms. The Hall–Kier alpha value is 0.270. The van der Waals surface area contributed by atoms with Crippen LogP contribution in [-0.2, 0) is 0 Å². The van der Waals surface area contributed by atoms with Crippen molar-refractivity contribution in [3.05, 3.63) is 0 Å². The molecule has 2 unspecified atom stereocenters. The molecule has 0 aromatic rings. The topological polar surface area (TPSA) is 15.3 Å². The molecule has 2 saturated heterocycles. The van der Waals surface area contributed by atoms with E-state index < -0.39 is 0 Å². The molecule has 0 bridgehead atoms. The van der Waals surface area contributed by atoms with Gasteiger partial charge in [-0.05, 0) is 24.9 Å². The molecule has 2 nitrogen and oxygen atoms in total. The van der Waals surface area contributed by atoms with Crippen molar-refractivity contribution in [1.29, 1.82) is 0 Å². The molecule has 14 heavy (non-hydrogen) atoms. The van der Waals surface area contributed by atoms with E-state index in [4.69, 9.17) is 0 Å². The van der Waals surface area contributed by atoms with E-state index in [1.54, 1.807) is 0 Å². The van der Waals surface area contributed by atoms with E-state index in [9.17, 15) is 0 Å². The van der Waals surface area contributed by atoms with Crippen molar-refractivity contribution < 1.29 is 0 Å². The standard InChI is InChI=1S/C11H22N2S/c1-9-7-12-8-10(2)11(9)13-3-5-14-6-4-13/h9-12H,3-8H2,1-2H3. The molecule has 0 aromatic carbocycles. The van der Waals surface area contributed by atoms with Gasteiger partial charge in [-0.15, -0.1) is 0 Å². The van der Waals surface area contributed by atoms with Gasteiger partial charge in [-0.1, -0.05) is 13.8 Å². The van der Waals surface area contributed by atoms with E-state index >= 15 is 0 Å². The van der Waals surface area contributed by atoms with Crippen molar-refractivity contribution in [1.82, 2.24) is 10.2 Å². The zero-order valence-corrected chi connectivity index (χ0v) is 10.1. The van der Waals surface area contributed by atoms with Crippen molar-refractivity contribution in [2.45, 2.75) is 19.9 Å². The van der Waals surface area contributed by atoms with Gasteiger partial charge in [0.2, 0.25) is 0 Å². The van der Waals surface area contributed by atoms with Crippen molar-refractivity contribution in [2.75, 3.05) is 37.7 Å². The lowest BCUT2D eigenvalue weighted by Gasteiger charge is -2.44. The zero-order valence-electron chi connectivity index (χ0n) is 9.33. The second-order valence-electron chi connectivity index (χ2n) is 4.75. The molecule has 1 N–H and O–H groups in total. The number of piperidine rings is 1. The van der Waals surface area contributed by atoms with Crippen molar-refractivity contribution in [3.8, 4) is 0 Å². The third-order valence-corrected chi connectivity index (χ3v) is 4.51. The lowest BCUT2D eigenvalue weighted by atomic mass is 9.85. The number of hydrogen-bond acceptors (Lipinski definition) is 3. The normalized spacial score (nSPS) is 41.1. The van der Waals surface area contributed by atoms with Crippen LogP contribution in [0.2, 0.25) is 0 Å². The van der Waals surface area contributed by atoms with Crippen LogP contribution in [-0.4, -0.2) is 48.6 Å². The highest BCUT2D eigenvalue weighted by atomic mass is 32.2. The molecule has 0 aromatic heterocycles. The summed E-state index contributed by atoms with van der Waals surface area (Å²) >= 11 is 2.11. The largest absolute Gasteiger partial charge is 0.316 e. The van der Waals surface area contributed by atoms with Gasteiger partial charge in [0.25, 0.3) is 0 Å². The van der Waals surface area contributed by atoms with Crippen LogP contribution in [0.4, 0.5) is 0 Å². The van der Waals surface area contributed by atoms with Crippen molar-refractivity contribution in [3.63, 3.8) is 0 Å². The van der Waals surface area contributed by atoms with Gasteiger partial charge in [0, 0.05) is 30.6 Å². The van der Waals surface area contributed by atoms with Crippen LogP contribution in [0.25, 0.3) is 0 Å². The van der Waals surface area contributed by atoms with E-state index in [1.165, 1.54) is 37.7 Å². The van der Waals surface area contributed by atoms with Crippen LogP contribution in [0.15, 0.2) is 0 Å². The lowest BCUT2D eigenvalue weighted by Crippen LogP contribution is -2.55. The average molecular weight is 214 g/mol. The minimum atomic E-state index is 0.821. The SMILES string of the molecule is CC1CNCC(C)C1N1CCSCC1. The van der Waals surface area contributed by atoms with Crippen LogP contribution in [0.3, 0.4) is 0 Å². The number of thioether (sulfide) groups is 1. The van der Waals surface area contributed by atoms with Gasteiger partial charge >= 0.3 is 0 Å². The highest BCUT2D eigenvalue weighted by Crippen LogP contribution is 2.25. The molecule has 2 aliphatic rings. The molecule has 82 valence electrons. The van der Waals surface area contributed by atoms with E-state index in [0.717, 1.165) is 17.9 Å².